The van der Waals surface area contributed by atoms with Crippen molar-refractivity contribution >= 4 is 11.6 Å². The second kappa shape index (κ2) is 5.51. The van der Waals surface area contributed by atoms with Gasteiger partial charge >= 0.3 is 0 Å². The van der Waals surface area contributed by atoms with Crippen molar-refractivity contribution in [3.8, 4) is 11.8 Å². The highest BCUT2D eigenvalue weighted by Gasteiger charge is 2.00. The third-order valence-corrected chi connectivity index (χ3v) is 1.87. The van der Waals surface area contributed by atoms with Crippen LogP contribution in [0.25, 0.3) is 0 Å². The highest BCUT2D eigenvalue weighted by Crippen LogP contribution is 2.10. The maximum absolute atomic E-state index is 11.0. The molecule has 0 spiro atoms. The van der Waals surface area contributed by atoms with Crippen LogP contribution in [0.5, 0.6) is 5.75 Å². The third kappa shape index (κ3) is 3.42. The third-order valence-electron chi connectivity index (χ3n) is 1.87. The van der Waals surface area contributed by atoms with Crippen LogP contribution in [-0.2, 0) is 4.79 Å². The van der Waals surface area contributed by atoms with Gasteiger partial charge in [-0.2, -0.15) is 10.4 Å². The molecule has 0 aliphatic heterocycles. The van der Waals surface area contributed by atoms with E-state index in [1.807, 2.05) is 0 Å². The van der Waals surface area contributed by atoms with Gasteiger partial charge < -0.3 is 5.11 Å². The Bertz CT molecular complexity index is 443. The molecule has 0 aromatic heterocycles. The number of amides is 1. The minimum absolute atomic E-state index is 0.171. The highest BCUT2D eigenvalue weighted by atomic mass is 16.3. The highest BCUT2D eigenvalue weighted by molar-refractivity contribution is 5.99. The maximum Gasteiger partial charge on any atom is 0.254 e. The number of nitrogens with zero attached hydrogens (tertiary/aromatic N) is 2. The predicted molar refractivity (Wildman–Crippen MR) is 58.7 cm³/mol. The van der Waals surface area contributed by atoms with Crippen molar-refractivity contribution in [1.29, 1.82) is 5.26 Å². The largest absolute Gasteiger partial charge is 0.508 e. The van der Waals surface area contributed by atoms with Crippen LogP contribution in [0.3, 0.4) is 0 Å². The number of hydrogen-bond donors (Lipinski definition) is 2. The molecular formula is C11H11N3O2. The number of phenolic OH excluding ortho intramolecular Hbond substituents is 1. The first-order valence-electron chi connectivity index (χ1n) is 4.63. The fourth-order valence-corrected chi connectivity index (χ4v) is 1.02. The molecule has 16 heavy (non-hydrogen) atoms. The van der Waals surface area contributed by atoms with Gasteiger partial charge in [0.2, 0.25) is 0 Å². The van der Waals surface area contributed by atoms with E-state index in [9.17, 15) is 4.79 Å². The Morgan fingerprint density at radius 1 is 1.50 bits per heavy atom. The summed E-state index contributed by atoms with van der Waals surface area (Å²) >= 11 is 0. The molecule has 0 unspecified atom stereocenters. The van der Waals surface area contributed by atoms with Gasteiger partial charge in [-0.15, -0.1) is 0 Å². The number of carbonyl (C=O) groups excluding carboxylic acids is 1. The van der Waals surface area contributed by atoms with Crippen LogP contribution in [0.15, 0.2) is 29.4 Å². The zero-order valence-corrected chi connectivity index (χ0v) is 8.77. The van der Waals surface area contributed by atoms with E-state index in [0.29, 0.717) is 5.71 Å². The molecule has 1 aromatic rings. The lowest BCUT2D eigenvalue weighted by Gasteiger charge is -2.01. The fraction of sp³-hybridized carbons (Fsp3) is 0.182. The van der Waals surface area contributed by atoms with Crippen molar-refractivity contribution < 1.29 is 9.90 Å². The Morgan fingerprint density at radius 3 is 2.69 bits per heavy atom. The SMILES string of the molecule is C/C(=N/NC(=O)CC#N)c1ccc(O)cc1. The van der Waals surface area contributed by atoms with Crippen molar-refractivity contribution in [2.75, 3.05) is 0 Å². The fourth-order valence-electron chi connectivity index (χ4n) is 1.02. The lowest BCUT2D eigenvalue weighted by Crippen LogP contribution is -2.18. The second-order valence-corrected chi connectivity index (χ2v) is 3.11. The molecule has 82 valence electrons. The van der Waals surface area contributed by atoms with E-state index in [0.717, 1.165) is 5.56 Å². The van der Waals surface area contributed by atoms with Crippen LogP contribution in [0.2, 0.25) is 0 Å². The molecule has 1 rings (SSSR count). The van der Waals surface area contributed by atoms with Crippen LogP contribution in [0.1, 0.15) is 18.9 Å². The number of nitrogens with one attached hydrogen (secondary N) is 1. The predicted octanol–water partition coefficient (Wildman–Crippen LogP) is 1.15. The van der Waals surface area contributed by atoms with Gasteiger partial charge in [0.1, 0.15) is 12.2 Å². The number of aromatic hydroxyl groups is 1. The minimum atomic E-state index is -0.444. The molecule has 2 N–H and O–H groups in total. The van der Waals surface area contributed by atoms with E-state index in [1.165, 1.54) is 12.1 Å². The van der Waals surface area contributed by atoms with Gasteiger partial charge in [0, 0.05) is 0 Å². The summed E-state index contributed by atoms with van der Waals surface area (Å²) < 4.78 is 0. The van der Waals surface area contributed by atoms with E-state index < -0.39 is 5.91 Å². The number of carbonyl (C=O) groups is 1. The second-order valence-electron chi connectivity index (χ2n) is 3.11. The Morgan fingerprint density at radius 2 is 2.12 bits per heavy atom. The number of benzene rings is 1. The number of phenols is 1. The summed E-state index contributed by atoms with van der Waals surface area (Å²) in [6.07, 6.45) is -0.216. The first kappa shape index (κ1) is 11.7. The quantitative estimate of drug-likeness (QED) is 0.588. The molecular weight excluding hydrogens is 206 g/mol. The lowest BCUT2D eigenvalue weighted by atomic mass is 10.1. The zero-order chi connectivity index (χ0) is 12.0. The number of rotatable bonds is 3. The molecule has 5 heteroatoms. The van der Waals surface area contributed by atoms with E-state index >= 15 is 0 Å². The summed E-state index contributed by atoms with van der Waals surface area (Å²) in [6, 6.07) is 8.16. The number of hydrazone groups is 1. The number of hydrogen-bond acceptors (Lipinski definition) is 4. The first-order valence-corrected chi connectivity index (χ1v) is 4.63. The molecule has 0 saturated carbocycles. The summed E-state index contributed by atoms with van der Waals surface area (Å²) in [4.78, 5) is 11.0. The molecule has 5 nitrogen and oxygen atoms in total. The summed E-state index contributed by atoms with van der Waals surface area (Å²) in [5, 5.41) is 21.2. The molecule has 0 aliphatic carbocycles. The van der Waals surface area contributed by atoms with Crippen molar-refractivity contribution in [3.63, 3.8) is 0 Å². The Balaban J connectivity index is 2.67. The minimum Gasteiger partial charge on any atom is -0.508 e. The van der Waals surface area contributed by atoms with Gasteiger partial charge in [0.25, 0.3) is 5.91 Å². The molecule has 1 aromatic carbocycles. The average molecular weight is 217 g/mol. The van der Waals surface area contributed by atoms with Crippen molar-refractivity contribution in [1.82, 2.24) is 5.43 Å². The zero-order valence-electron chi connectivity index (χ0n) is 8.77. The Labute approximate surface area is 93.0 Å². The normalized spacial score (nSPS) is 10.6. The van der Waals surface area contributed by atoms with Gasteiger partial charge in [-0.1, -0.05) is 0 Å². The van der Waals surface area contributed by atoms with Crippen molar-refractivity contribution in [2.45, 2.75) is 13.3 Å². The summed E-state index contributed by atoms with van der Waals surface area (Å²) in [7, 11) is 0. The van der Waals surface area contributed by atoms with Crippen LogP contribution >= 0.6 is 0 Å². The molecule has 0 heterocycles. The van der Waals surface area contributed by atoms with Gasteiger partial charge in [-0.05, 0) is 36.8 Å². The monoisotopic (exact) mass is 217 g/mol. The average Bonchev–Trinajstić information content (AvgIpc) is 2.27. The van der Waals surface area contributed by atoms with Crippen LogP contribution in [0, 0.1) is 11.3 Å². The van der Waals surface area contributed by atoms with Gasteiger partial charge in [0.05, 0.1) is 11.8 Å². The first-order chi connectivity index (χ1) is 7.63. The van der Waals surface area contributed by atoms with Crippen LogP contribution in [-0.4, -0.2) is 16.7 Å². The Hall–Kier alpha value is -2.35. The topological polar surface area (TPSA) is 85.5 Å². The summed E-state index contributed by atoms with van der Waals surface area (Å²) in [5.74, 6) is -0.273. The standard InChI is InChI=1S/C11H11N3O2/c1-8(13-14-11(16)6-7-12)9-2-4-10(15)5-3-9/h2-5,15H,6H2,1H3,(H,14,16)/b13-8-. The van der Waals surface area contributed by atoms with Crippen LogP contribution < -0.4 is 5.43 Å². The molecule has 0 bridgehead atoms. The smallest absolute Gasteiger partial charge is 0.254 e. The summed E-state index contributed by atoms with van der Waals surface area (Å²) in [5.41, 5.74) is 3.65. The van der Waals surface area contributed by atoms with E-state index in [2.05, 4.69) is 10.5 Å². The maximum atomic E-state index is 11.0. The van der Waals surface area contributed by atoms with E-state index in [-0.39, 0.29) is 12.2 Å². The number of nitriles is 1. The lowest BCUT2D eigenvalue weighted by molar-refractivity contribution is -0.120. The summed E-state index contributed by atoms with van der Waals surface area (Å²) in [6.45, 7) is 1.72. The Kier molecular flexibility index (Phi) is 4.04. The van der Waals surface area contributed by atoms with Crippen molar-refractivity contribution in [3.05, 3.63) is 29.8 Å². The molecule has 0 saturated heterocycles. The van der Waals surface area contributed by atoms with Crippen molar-refractivity contribution in [2.24, 2.45) is 5.10 Å². The van der Waals surface area contributed by atoms with Gasteiger partial charge in [0.15, 0.2) is 0 Å². The molecule has 0 atom stereocenters. The molecule has 1 amide bonds. The molecule has 0 aliphatic rings. The van der Waals surface area contributed by atoms with E-state index in [4.69, 9.17) is 10.4 Å². The van der Waals surface area contributed by atoms with E-state index in [1.54, 1.807) is 25.1 Å². The molecule has 0 fully saturated rings. The van der Waals surface area contributed by atoms with Crippen LogP contribution in [0.4, 0.5) is 0 Å². The van der Waals surface area contributed by atoms with Gasteiger partial charge in [-0.25, -0.2) is 5.43 Å². The molecule has 0 radical (unpaired) electrons. The van der Waals surface area contributed by atoms with Gasteiger partial charge in [-0.3, -0.25) is 4.79 Å².